The van der Waals surface area contributed by atoms with E-state index in [1.165, 1.54) is 0 Å². The molecule has 0 aromatic heterocycles. The highest BCUT2D eigenvalue weighted by Gasteiger charge is 2.24. The molecule has 1 rings (SSSR count). The molecule has 9 heavy (non-hydrogen) atoms. The standard InChI is InChI=1S/C5H9F2NO/c1-8-2-4(6)9-5(7)3-8/h4-5H,2-3H2,1H3/t4-,5+. The highest BCUT2D eigenvalue weighted by atomic mass is 19.2. The minimum atomic E-state index is -1.46. The van der Waals surface area contributed by atoms with E-state index in [1.807, 2.05) is 0 Å². The van der Waals surface area contributed by atoms with Crippen LogP contribution in [-0.2, 0) is 4.74 Å². The van der Waals surface area contributed by atoms with E-state index in [2.05, 4.69) is 4.74 Å². The Morgan fingerprint density at radius 3 is 2.11 bits per heavy atom. The summed E-state index contributed by atoms with van der Waals surface area (Å²) >= 11 is 0. The number of halogens is 2. The summed E-state index contributed by atoms with van der Waals surface area (Å²) in [6.07, 6.45) is -2.92. The van der Waals surface area contributed by atoms with Crippen molar-refractivity contribution in [1.29, 1.82) is 0 Å². The molecule has 54 valence electrons. The zero-order valence-corrected chi connectivity index (χ0v) is 5.18. The van der Waals surface area contributed by atoms with Gasteiger partial charge in [-0.25, -0.2) is 8.78 Å². The molecular weight excluding hydrogens is 128 g/mol. The Labute approximate surface area is 52.4 Å². The molecule has 1 aliphatic rings. The molecule has 0 radical (unpaired) electrons. The van der Waals surface area contributed by atoms with Crippen LogP contribution < -0.4 is 0 Å². The van der Waals surface area contributed by atoms with Crippen molar-refractivity contribution in [3.8, 4) is 0 Å². The molecule has 0 aromatic carbocycles. The topological polar surface area (TPSA) is 12.5 Å². The molecule has 1 heterocycles. The Hall–Kier alpha value is -0.220. The van der Waals surface area contributed by atoms with Crippen LogP contribution in [0.25, 0.3) is 0 Å². The summed E-state index contributed by atoms with van der Waals surface area (Å²) in [7, 11) is 1.65. The van der Waals surface area contributed by atoms with Crippen molar-refractivity contribution in [2.24, 2.45) is 0 Å². The molecule has 1 saturated heterocycles. The highest BCUT2D eigenvalue weighted by molar-refractivity contribution is 4.62. The lowest BCUT2D eigenvalue weighted by atomic mass is 10.4. The van der Waals surface area contributed by atoms with Gasteiger partial charge in [0.25, 0.3) is 0 Å². The Balaban J connectivity index is 2.34. The molecule has 2 nitrogen and oxygen atoms in total. The van der Waals surface area contributed by atoms with Gasteiger partial charge in [0.15, 0.2) is 0 Å². The fourth-order valence-corrected chi connectivity index (χ4v) is 0.811. The molecule has 2 atom stereocenters. The van der Waals surface area contributed by atoms with E-state index < -0.39 is 12.7 Å². The first-order valence-electron chi connectivity index (χ1n) is 2.80. The van der Waals surface area contributed by atoms with Gasteiger partial charge in [0, 0.05) is 0 Å². The Bertz CT molecular complexity index is 75.9. The second-order valence-electron chi connectivity index (χ2n) is 2.18. The summed E-state index contributed by atoms with van der Waals surface area (Å²) in [4.78, 5) is 1.55. The third-order valence-electron chi connectivity index (χ3n) is 1.21. The lowest BCUT2D eigenvalue weighted by molar-refractivity contribution is -0.185. The second kappa shape index (κ2) is 2.58. The fourth-order valence-electron chi connectivity index (χ4n) is 0.811. The van der Waals surface area contributed by atoms with Crippen molar-refractivity contribution in [2.45, 2.75) is 12.7 Å². The maximum Gasteiger partial charge on any atom is 0.214 e. The first-order valence-corrected chi connectivity index (χ1v) is 2.80. The predicted molar refractivity (Wildman–Crippen MR) is 28.4 cm³/mol. The molecule has 0 aromatic rings. The van der Waals surface area contributed by atoms with E-state index in [0.717, 1.165) is 0 Å². The number of nitrogens with zero attached hydrogens (tertiary/aromatic N) is 1. The highest BCUT2D eigenvalue weighted by Crippen LogP contribution is 2.10. The number of hydrogen-bond donors (Lipinski definition) is 0. The summed E-state index contributed by atoms with van der Waals surface area (Å²) in [5.41, 5.74) is 0. The van der Waals surface area contributed by atoms with E-state index in [-0.39, 0.29) is 13.1 Å². The summed E-state index contributed by atoms with van der Waals surface area (Å²) in [6, 6.07) is 0. The molecule has 0 bridgehead atoms. The normalized spacial score (nSPS) is 39.0. The Morgan fingerprint density at radius 1 is 1.33 bits per heavy atom. The fraction of sp³-hybridized carbons (Fsp3) is 1.00. The molecule has 1 fully saturated rings. The monoisotopic (exact) mass is 137 g/mol. The first kappa shape index (κ1) is 6.89. The van der Waals surface area contributed by atoms with E-state index >= 15 is 0 Å². The molecule has 4 heteroatoms. The van der Waals surface area contributed by atoms with Gasteiger partial charge in [-0.1, -0.05) is 0 Å². The summed E-state index contributed by atoms with van der Waals surface area (Å²) in [5.74, 6) is 0. The van der Waals surface area contributed by atoms with Gasteiger partial charge in [-0.05, 0) is 7.05 Å². The van der Waals surface area contributed by atoms with Crippen LogP contribution in [0.2, 0.25) is 0 Å². The van der Waals surface area contributed by atoms with Crippen molar-refractivity contribution in [2.75, 3.05) is 20.1 Å². The maximum atomic E-state index is 12.2. The maximum absolute atomic E-state index is 12.2. The molecule has 0 aliphatic carbocycles. The van der Waals surface area contributed by atoms with Crippen LogP contribution in [0.3, 0.4) is 0 Å². The largest absolute Gasteiger partial charge is 0.311 e. The first-order chi connectivity index (χ1) is 4.18. The number of hydrogen-bond acceptors (Lipinski definition) is 2. The minimum Gasteiger partial charge on any atom is -0.311 e. The van der Waals surface area contributed by atoms with Crippen molar-refractivity contribution < 1.29 is 13.5 Å². The van der Waals surface area contributed by atoms with Gasteiger partial charge in [0.05, 0.1) is 13.1 Å². The van der Waals surface area contributed by atoms with Crippen LogP contribution in [0.4, 0.5) is 8.78 Å². The van der Waals surface area contributed by atoms with Crippen molar-refractivity contribution in [3.63, 3.8) is 0 Å². The molecule has 0 amide bonds. The Morgan fingerprint density at radius 2 is 1.78 bits per heavy atom. The third kappa shape index (κ3) is 1.87. The van der Waals surface area contributed by atoms with Crippen LogP contribution in [0, 0.1) is 0 Å². The van der Waals surface area contributed by atoms with Crippen molar-refractivity contribution in [1.82, 2.24) is 4.90 Å². The van der Waals surface area contributed by atoms with Crippen molar-refractivity contribution >= 4 is 0 Å². The average molecular weight is 137 g/mol. The molecule has 0 unspecified atom stereocenters. The van der Waals surface area contributed by atoms with Gasteiger partial charge in [-0.3, -0.25) is 4.90 Å². The Kier molecular flexibility index (Phi) is 1.97. The minimum absolute atomic E-state index is 0.167. The molecule has 1 aliphatic heterocycles. The van der Waals surface area contributed by atoms with E-state index in [0.29, 0.717) is 0 Å². The van der Waals surface area contributed by atoms with E-state index in [9.17, 15) is 8.78 Å². The van der Waals surface area contributed by atoms with E-state index in [4.69, 9.17) is 0 Å². The van der Waals surface area contributed by atoms with E-state index in [1.54, 1.807) is 11.9 Å². The number of morpholine rings is 1. The number of likely N-dealkylation sites (N-methyl/N-ethyl adjacent to an activating group) is 1. The average Bonchev–Trinajstić information content (AvgIpc) is 1.59. The van der Waals surface area contributed by atoms with Crippen LogP contribution in [0.5, 0.6) is 0 Å². The molecule has 0 N–H and O–H groups in total. The van der Waals surface area contributed by atoms with Crippen LogP contribution >= 0.6 is 0 Å². The lowest BCUT2D eigenvalue weighted by Gasteiger charge is -2.27. The quantitative estimate of drug-likeness (QED) is 0.483. The smallest absolute Gasteiger partial charge is 0.214 e. The zero-order chi connectivity index (χ0) is 6.85. The zero-order valence-electron chi connectivity index (χ0n) is 5.18. The summed E-state index contributed by atoms with van der Waals surface area (Å²) in [5, 5.41) is 0. The SMILES string of the molecule is CN1C[C@@H](F)O[C@@H](F)C1. The molecular formula is C5H9F2NO. The van der Waals surface area contributed by atoms with Crippen molar-refractivity contribution in [3.05, 3.63) is 0 Å². The lowest BCUT2D eigenvalue weighted by Crippen LogP contribution is -2.41. The van der Waals surface area contributed by atoms with Gasteiger partial charge in [0.1, 0.15) is 0 Å². The van der Waals surface area contributed by atoms with Crippen LogP contribution in [-0.4, -0.2) is 37.8 Å². The van der Waals surface area contributed by atoms with Gasteiger partial charge in [-0.2, -0.15) is 0 Å². The third-order valence-corrected chi connectivity index (χ3v) is 1.21. The van der Waals surface area contributed by atoms with Gasteiger partial charge in [-0.15, -0.1) is 0 Å². The summed E-state index contributed by atoms with van der Waals surface area (Å²) < 4.78 is 28.5. The molecule has 0 spiro atoms. The van der Waals surface area contributed by atoms with Crippen LogP contribution in [0.15, 0.2) is 0 Å². The summed E-state index contributed by atoms with van der Waals surface area (Å²) in [6.45, 7) is 0.334. The predicted octanol–water partition coefficient (Wildman–Crippen LogP) is 0.540. The molecule has 0 saturated carbocycles. The van der Waals surface area contributed by atoms with Gasteiger partial charge < -0.3 is 4.74 Å². The second-order valence-corrected chi connectivity index (χ2v) is 2.18. The number of ether oxygens (including phenoxy) is 1. The van der Waals surface area contributed by atoms with Gasteiger partial charge in [0.2, 0.25) is 12.7 Å². The van der Waals surface area contributed by atoms with Crippen LogP contribution in [0.1, 0.15) is 0 Å². The number of rotatable bonds is 0. The number of alkyl halides is 2. The van der Waals surface area contributed by atoms with Gasteiger partial charge >= 0.3 is 0 Å².